The predicted molar refractivity (Wildman–Crippen MR) is 58.0 cm³/mol. The first-order valence-electron chi connectivity index (χ1n) is 4.83. The van der Waals surface area contributed by atoms with Crippen molar-refractivity contribution >= 4 is 0 Å². The van der Waals surface area contributed by atoms with Gasteiger partial charge in [0.15, 0.2) is 0 Å². The van der Waals surface area contributed by atoms with Crippen LogP contribution in [0.3, 0.4) is 0 Å². The SMILES string of the molecule is Cc1cc(C)c(CC(C)N)cc1C. The molecule has 0 aromatic heterocycles. The van der Waals surface area contributed by atoms with Crippen LogP contribution in [-0.4, -0.2) is 6.04 Å². The molecule has 1 aromatic rings. The minimum absolute atomic E-state index is 0.251. The zero-order valence-electron chi connectivity index (χ0n) is 9.02. The van der Waals surface area contributed by atoms with Crippen LogP contribution in [0.2, 0.25) is 0 Å². The van der Waals surface area contributed by atoms with Crippen LogP contribution in [0.25, 0.3) is 0 Å². The highest BCUT2D eigenvalue weighted by Crippen LogP contribution is 2.16. The molecule has 1 heteroatoms. The summed E-state index contributed by atoms with van der Waals surface area (Å²) < 4.78 is 0. The van der Waals surface area contributed by atoms with E-state index in [0.29, 0.717) is 0 Å². The molecule has 0 radical (unpaired) electrons. The maximum atomic E-state index is 5.78. The van der Waals surface area contributed by atoms with Crippen molar-refractivity contribution in [3.8, 4) is 0 Å². The van der Waals surface area contributed by atoms with E-state index in [9.17, 15) is 0 Å². The van der Waals surface area contributed by atoms with Crippen LogP contribution < -0.4 is 5.73 Å². The molecule has 2 N–H and O–H groups in total. The van der Waals surface area contributed by atoms with Crippen LogP contribution in [0.1, 0.15) is 29.2 Å². The average molecular weight is 177 g/mol. The first kappa shape index (κ1) is 10.3. The fraction of sp³-hybridized carbons (Fsp3) is 0.500. The second-order valence-corrected chi connectivity index (χ2v) is 4.04. The molecular weight excluding hydrogens is 158 g/mol. The molecule has 0 aliphatic rings. The Morgan fingerprint density at radius 1 is 1.08 bits per heavy atom. The number of hydrogen-bond donors (Lipinski definition) is 1. The molecule has 1 unspecified atom stereocenters. The van der Waals surface area contributed by atoms with Gasteiger partial charge in [-0.2, -0.15) is 0 Å². The zero-order valence-corrected chi connectivity index (χ0v) is 9.02. The fourth-order valence-corrected chi connectivity index (χ4v) is 1.59. The molecule has 0 aliphatic heterocycles. The molecule has 72 valence electrons. The lowest BCUT2D eigenvalue weighted by molar-refractivity contribution is 0.734. The van der Waals surface area contributed by atoms with Crippen molar-refractivity contribution < 1.29 is 0 Å². The van der Waals surface area contributed by atoms with Crippen molar-refractivity contribution in [1.29, 1.82) is 0 Å². The molecular formula is C12H19N. The van der Waals surface area contributed by atoms with Gasteiger partial charge in [-0.1, -0.05) is 12.1 Å². The normalized spacial score (nSPS) is 13.0. The van der Waals surface area contributed by atoms with Gasteiger partial charge in [0.1, 0.15) is 0 Å². The third-order valence-corrected chi connectivity index (χ3v) is 2.49. The molecule has 0 aliphatic carbocycles. The smallest absolute Gasteiger partial charge is 0.00510 e. The maximum Gasteiger partial charge on any atom is 0.00510 e. The largest absolute Gasteiger partial charge is 0.328 e. The van der Waals surface area contributed by atoms with Crippen molar-refractivity contribution in [2.24, 2.45) is 5.73 Å². The number of benzene rings is 1. The van der Waals surface area contributed by atoms with Crippen molar-refractivity contribution in [3.63, 3.8) is 0 Å². The Morgan fingerprint density at radius 3 is 2.15 bits per heavy atom. The van der Waals surface area contributed by atoms with Gasteiger partial charge in [0.25, 0.3) is 0 Å². The summed E-state index contributed by atoms with van der Waals surface area (Å²) in [5.74, 6) is 0. The third-order valence-electron chi connectivity index (χ3n) is 2.49. The third kappa shape index (κ3) is 2.56. The quantitative estimate of drug-likeness (QED) is 0.738. The molecule has 0 amide bonds. The van der Waals surface area contributed by atoms with Gasteiger partial charge in [0.2, 0.25) is 0 Å². The number of rotatable bonds is 2. The molecule has 1 nitrogen and oxygen atoms in total. The standard InChI is InChI=1S/C12H19N/c1-8-5-10(3)12(6-9(8)2)7-11(4)13/h5-6,11H,7,13H2,1-4H3. The molecule has 1 rings (SSSR count). The van der Waals surface area contributed by atoms with E-state index in [0.717, 1.165) is 6.42 Å². The summed E-state index contributed by atoms with van der Waals surface area (Å²) in [5.41, 5.74) is 11.3. The monoisotopic (exact) mass is 177 g/mol. The second-order valence-electron chi connectivity index (χ2n) is 4.04. The lowest BCUT2D eigenvalue weighted by Crippen LogP contribution is -2.18. The van der Waals surface area contributed by atoms with E-state index in [-0.39, 0.29) is 6.04 Å². The van der Waals surface area contributed by atoms with Crippen LogP contribution in [-0.2, 0) is 6.42 Å². The predicted octanol–water partition coefficient (Wildman–Crippen LogP) is 2.50. The molecule has 0 spiro atoms. The lowest BCUT2D eigenvalue weighted by Gasteiger charge is -2.11. The van der Waals surface area contributed by atoms with E-state index < -0.39 is 0 Å². The molecule has 0 bridgehead atoms. The summed E-state index contributed by atoms with van der Waals surface area (Å²) in [6.45, 7) is 8.51. The van der Waals surface area contributed by atoms with Gasteiger partial charge in [0.05, 0.1) is 0 Å². The van der Waals surface area contributed by atoms with Gasteiger partial charge in [0, 0.05) is 6.04 Å². The molecule has 1 aromatic carbocycles. The molecule has 0 heterocycles. The Kier molecular flexibility index (Phi) is 3.10. The van der Waals surface area contributed by atoms with Gasteiger partial charge < -0.3 is 5.73 Å². The zero-order chi connectivity index (χ0) is 10.0. The molecule has 13 heavy (non-hydrogen) atoms. The summed E-state index contributed by atoms with van der Waals surface area (Å²) in [6.07, 6.45) is 0.979. The molecule has 0 saturated heterocycles. The van der Waals surface area contributed by atoms with E-state index >= 15 is 0 Å². The Hall–Kier alpha value is -0.820. The highest BCUT2D eigenvalue weighted by atomic mass is 14.6. The van der Waals surface area contributed by atoms with Gasteiger partial charge in [-0.05, 0) is 56.4 Å². The van der Waals surface area contributed by atoms with Crippen molar-refractivity contribution in [3.05, 3.63) is 34.4 Å². The first-order chi connectivity index (χ1) is 6.00. The summed E-state index contributed by atoms with van der Waals surface area (Å²) in [5, 5.41) is 0. The van der Waals surface area contributed by atoms with Crippen LogP contribution >= 0.6 is 0 Å². The fourth-order valence-electron chi connectivity index (χ4n) is 1.59. The molecule has 0 saturated carbocycles. The summed E-state index contributed by atoms with van der Waals surface area (Å²) >= 11 is 0. The van der Waals surface area contributed by atoms with E-state index in [1.54, 1.807) is 0 Å². The highest BCUT2D eigenvalue weighted by Gasteiger charge is 2.03. The minimum atomic E-state index is 0.251. The second kappa shape index (κ2) is 3.93. The Balaban J connectivity index is 3.01. The highest BCUT2D eigenvalue weighted by molar-refractivity contribution is 5.36. The summed E-state index contributed by atoms with van der Waals surface area (Å²) in [7, 11) is 0. The molecule has 0 fully saturated rings. The van der Waals surface area contributed by atoms with Gasteiger partial charge in [-0.3, -0.25) is 0 Å². The number of hydrogen-bond acceptors (Lipinski definition) is 1. The van der Waals surface area contributed by atoms with Gasteiger partial charge in [-0.15, -0.1) is 0 Å². The van der Waals surface area contributed by atoms with E-state index in [4.69, 9.17) is 5.73 Å². The summed E-state index contributed by atoms with van der Waals surface area (Å²) in [6, 6.07) is 4.75. The number of nitrogens with two attached hydrogens (primary N) is 1. The topological polar surface area (TPSA) is 26.0 Å². The van der Waals surface area contributed by atoms with Crippen LogP contribution in [0.4, 0.5) is 0 Å². The van der Waals surface area contributed by atoms with E-state index in [2.05, 4.69) is 39.8 Å². The van der Waals surface area contributed by atoms with Crippen molar-refractivity contribution in [1.82, 2.24) is 0 Å². The maximum absolute atomic E-state index is 5.78. The Morgan fingerprint density at radius 2 is 1.62 bits per heavy atom. The lowest BCUT2D eigenvalue weighted by atomic mass is 9.97. The Bertz CT molecular complexity index is 300. The van der Waals surface area contributed by atoms with Crippen LogP contribution in [0.5, 0.6) is 0 Å². The van der Waals surface area contributed by atoms with Gasteiger partial charge in [-0.25, -0.2) is 0 Å². The average Bonchev–Trinajstić information content (AvgIpc) is 1.99. The Labute approximate surface area is 81.0 Å². The van der Waals surface area contributed by atoms with Gasteiger partial charge >= 0.3 is 0 Å². The van der Waals surface area contributed by atoms with Crippen LogP contribution in [0.15, 0.2) is 12.1 Å². The van der Waals surface area contributed by atoms with Crippen LogP contribution in [0, 0.1) is 20.8 Å². The molecule has 1 atom stereocenters. The van der Waals surface area contributed by atoms with E-state index in [1.807, 2.05) is 0 Å². The van der Waals surface area contributed by atoms with Crippen molar-refractivity contribution in [2.45, 2.75) is 40.2 Å². The number of aryl methyl sites for hydroxylation is 3. The van der Waals surface area contributed by atoms with E-state index in [1.165, 1.54) is 22.3 Å². The summed E-state index contributed by atoms with van der Waals surface area (Å²) in [4.78, 5) is 0. The first-order valence-corrected chi connectivity index (χ1v) is 4.83. The van der Waals surface area contributed by atoms with Crippen molar-refractivity contribution in [2.75, 3.05) is 0 Å². The minimum Gasteiger partial charge on any atom is -0.328 e.